The standard InChI is InChI=1S/C31H32N4O3S/c1-2-37-31(36)27(18-26-17-23-16-22(29(32)33)10-13-28(23)39-26)20-8-11-24(12-9-20)38-25-14-15-35(19-25)30(34)21-6-4-3-5-7-21/h3-13,16-17,25,27,34H,2,14-15,18-19H2,1H3,(H3,32,33)/t25-,27?/m0/s1. The monoisotopic (exact) mass is 540 g/mol. The first-order valence-electron chi connectivity index (χ1n) is 13.1. The van der Waals surface area contributed by atoms with Gasteiger partial charge in [0.25, 0.3) is 0 Å². The number of benzene rings is 3. The Morgan fingerprint density at radius 3 is 2.54 bits per heavy atom. The van der Waals surface area contributed by atoms with Gasteiger partial charge in [-0.15, -0.1) is 11.3 Å². The third kappa shape index (κ3) is 6.12. The summed E-state index contributed by atoms with van der Waals surface area (Å²) in [5.41, 5.74) is 8.12. The first-order chi connectivity index (χ1) is 18.9. The third-order valence-corrected chi connectivity index (χ3v) is 8.09. The van der Waals surface area contributed by atoms with Crippen molar-refractivity contribution in [2.24, 2.45) is 5.73 Å². The van der Waals surface area contributed by atoms with Crippen molar-refractivity contribution in [1.29, 1.82) is 10.8 Å². The lowest BCUT2D eigenvalue weighted by atomic mass is 9.94. The number of thiophene rings is 1. The number of carbonyl (C=O) groups is 1. The fourth-order valence-corrected chi connectivity index (χ4v) is 6.02. The van der Waals surface area contributed by atoms with Gasteiger partial charge in [0, 0.05) is 33.7 Å². The van der Waals surface area contributed by atoms with Crippen molar-refractivity contribution < 1.29 is 14.3 Å². The molecule has 1 aliphatic rings. The Bertz CT molecular complexity index is 1480. The van der Waals surface area contributed by atoms with Crippen molar-refractivity contribution in [3.63, 3.8) is 0 Å². The minimum Gasteiger partial charge on any atom is -0.489 e. The van der Waals surface area contributed by atoms with E-state index >= 15 is 0 Å². The maximum atomic E-state index is 13.0. The predicted molar refractivity (Wildman–Crippen MR) is 156 cm³/mol. The zero-order valence-corrected chi connectivity index (χ0v) is 22.7. The lowest BCUT2D eigenvalue weighted by molar-refractivity contribution is -0.144. The van der Waals surface area contributed by atoms with Crippen LogP contribution in [0.1, 0.15) is 40.8 Å². The van der Waals surface area contributed by atoms with Crippen molar-refractivity contribution in [2.45, 2.75) is 31.8 Å². The summed E-state index contributed by atoms with van der Waals surface area (Å²) in [4.78, 5) is 16.1. The van der Waals surface area contributed by atoms with Crippen LogP contribution in [-0.2, 0) is 16.0 Å². The zero-order valence-electron chi connectivity index (χ0n) is 21.9. The highest BCUT2D eigenvalue weighted by molar-refractivity contribution is 7.19. The van der Waals surface area contributed by atoms with Gasteiger partial charge in [-0.05, 0) is 60.7 Å². The summed E-state index contributed by atoms with van der Waals surface area (Å²) in [6, 6.07) is 25.3. The van der Waals surface area contributed by atoms with Gasteiger partial charge in [-0.1, -0.05) is 42.5 Å². The number of nitrogens with one attached hydrogen (secondary N) is 2. The maximum absolute atomic E-state index is 13.0. The minimum absolute atomic E-state index is 0.000734. The highest BCUT2D eigenvalue weighted by atomic mass is 32.1. The zero-order chi connectivity index (χ0) is 27.4. The molecule has 1 fully saturated rings. The largest absolute Gasteiger partial charge is 0.489 e. The van der Waals surface area contributed by atoms with Gasteiger partial charge in [0.1, 0.15) is 23.5 Å². The first kappa shape index (κ1) is 26.4. The van der Waals surface area contributed by atoms with Crippen LogP contribution in [0.4, 0.5) is 0 Å². The molecule has 0 aliphatic carbocycles. The second-order valence-corrected chi connectivity index (χ2v) is 10.8. The molecule has 200 valence electrons. The quantitative estimate of drug-likeness (QED) is 0.146. The number of fused-ring (bicyclic) bond motifs is 1. The summed E-state index contributed by atoms with van der Waals surface area (Å²) in [7, 11) is 0. The number of ether oxygens (including phenoxy) is 2. The molecule has 0 amide bonds. The third-order valence-electron chi connectivity index (χ3n) is 6.95. The van der Waals surface area contributed by atoms with Crippen molar-refractivity contribution in [3.8, 4) is 5.75 Å². The van der Waals surface area contributed by atoms with Crippen molar-refractivity contribution >= 4 is 39.1 Å². The molecule has 0 bridgehead atoms. The van der Waals surface area contributed by atoms with Crippen molar-refractivity contribution in [2.75, 3.05) is 19.7 Å². The Morgan fingerprint density at radius 1 is 1.05 bits per heavy atom. The van der Waals surface area contributed by atoms with E-state index in [9.17, 15) is 4.79 Å². The van der Waals surface area contributed by atoms with E-state index in [4.69, 9.17) is 26.0 Å². The van der Waals surface area contributed by atoms with E-state index in [1.54, 1.807) is 11.3 Å². The van der Waals surface area contributed by atoms with Crippen molar-refractivity contribution in [1.82, 2.24) is 4.90 Å². The molecule has 0 spiro atoms. The fourth-order valence-electron chi connectivity index (χ4n) is 4.93. The lowest BCUT2D eigenvalue weighted by Gasteiger charge is -2.20. The van der Waals surface area contributed by atoms with Gasteiger partial charge >= 0.3 is 5.97 Å². The SMILES string of the molecule is CCOC(=O)C(Cc1cc2cc(C(=N)N)ccc2s1)c1ccc(O[C@H]2CCN(C(=N)c3ccccc3)C2)cc1. The van der Waals surface area contributed by atoms with E-state index in [2.05, 4.69) is 11.0 Å². The summed E-state index contributed by atoms with van der Waals surface area (Å²) >= 11 is 1.64. The van der Waals surface area contributed by atoms with Crippen LogP contribution in [0.3, 0.4) is 0 Å². The van der Waals surface area contributed by atoms with E-state index in [-0.39, 0.29) is 17.9 Å². The van der Waals surface area contributed by atoms with Gasteiger partial charge in [0.2, 0.25) is 0 Å². The highest BCUT2D eigenvalue weighted by Gasteiger charge is 2.27. The average molecular weight is 541 g/mol. The predicted octanol–water partition coefficient (Wildman–Crippen LogP) is 5.55. The van der Waals surface area contributed by atoms with E-state index in [1.807, 2.05) is 79.7 Å². The highest BCUT2D eigenvalue weighted by Crippen LogP contribution is 2.32. The van der Waals surface area contributed by atoms with E-state index in [1.165, 1.54) is 0 Å². The van der Waals surface area contributed by atoms with Gasteiger partial charge in [0.05, 0.1) is 19.1 Å². The molecule has 4 aromatic rings. The molecule has 7 nitrogen and oxygen atoms in total. The Balaban J connectivity index is 1.27. The topological polar surface area (TPSA) is 112 Å². The number of hydrogen-bond acceptors (Lipinski definition) is 6. The summed E-state index contributed by atoms with van der Waals surface area (Å²) in [6.45, 7) is 3.58. The van der Waals surface area contributed by atoms with Crippen LogP contribution in [0.2, 0.25) is 0 Å². The molecule has 3 aromatic carbocycles. The van der Waals surface area contributed by atoms with Gasteiger partial charge < -0.3 is 20.1 Å². The lowest BCUT2D eigenvalue weighted by Crippen LogP contribution is -2.30. The van der Waals surface area contributed by atoms with Gasteiger partial charge in [-0.3, -0.25) is 15.6 Å². The Labute approximate surface area is 232 Å². The molecule has 2 heterocycles. The number of carbonyl (C=O) groups excluding carboxylic acids is 1. The summed E-state index contributed by atoms with van der Waals surface area (Å²) in [5.74, 6) is 0.619. The normalized spacial score (nSPS) is 15.7. The fraction of sp³-hybridized carbons (Fsp3) is 0.258. The molecule has 1 aliphatic heterocycles. The summed E-state index contributed by atoms with van der Waals surface area (Å²) < 4.78 is 12.8. The van der Waals surface area contributed by atoms with E-state index in [0.717, 1.165) is 44.8 Å². The van der Waals surface area contributed by atoms with Gasteiger partial charge in [-0.2, -0.15) is 0 Å². The molecular weight excluding hydrogens is 508 g/mol. The summed E-state index contributed by atoms with van der Waals surface area (Å²) in [5, 5.41) is 17.2. The van der Waals surface area contributed by atoms with Crippen LogP contribution < -0.4 is 10.5 Å². The Hall–Kier alpha value is -4.17. The second-order valence-electron chi connectivity index (χ2n) is 9.65. The molecule has 2 atom stereocenters. The van der Waals surface area contributed by atoms with Crippen LogP contribution in [-0.4, -0.2) is 48.3 Å². The van der Waals surface area contributed by atoms with Crippen LogP contribution in [0, 0.1) is 10.8 Å². The molecule has 1 saturated heterocycles. The van der Waals surface area contributed by atoms with E-state index in [0.29, 0.717) is 31.0 Å². The molecule has 5 rings (SSSR count). The maximum Gasteiger partial charge on any atom is 0.313 e. The number of hydrogen-bond donors (Lipinski definition) is 3. The van der Waals surface area contributed by atoms with Gasteiger partial charge in [0.15, 0.2) is 0 Å². The number of nitrogen functional groups attached to an aromatic ring is 1. The average Bonchev–Trinajstić information content (AvgIpc) is 3.58. The number of likely N-dealkylation sites (tertiary alicyclic amines) is 1. The smallest absolute Gasteiger partial charge is 0.313 e. The molecule has 1 unspecified atom stereocenters. The van der Waals surface area contributed by atoms with Crippen molar-refractivity contribution in [3.05, 3.63) is 100 Å². The molecule has 0 saturated carbocycles. The van der Waals surface area contributed by atoms with E-state index < -0.39 is 5.92 Å². The Morgan fingerprint density at radius 2 is 1.82 bits per heavy atom. The number of rotatable bonds is 9. The minimum atomic E-state index is -0.437. The molecule has 8 heteroatoms. The molecule has 39 heavy (non-hydrogen) atoms. The van der Waals surface area contributed by atoms with Gasteiger partial charge in [-0.25, -0.2) is 0 Å². The number of amidine groups is 2. The summed E-state index contributed by atoms with van der Waals surface area (Å²) in [6.07, 6.45) is 1.37. The number of nitrogens with zero attached hydrogens (tertiary/aromatic N) is 1. The van der Waals surface area contributed by atoms with Crippen LogP contribution in [0.25, 0.3) is 10.1 Å². The van der Waals surface area contributed by atoms with Crippen LogP contribution in [0.5, 0.6) is 5.75 Å². The molecular formula is C31H32N4O3S. The number of nitrogens with two attached hydrogens (primary N) is 1. The van der Waals surface area contributed by atoms with Crippen LogP contribution in [0.15, 0.2) is 78.9 Å². The molecule has 1 aromatic heterocycles. The number of esters is 1. The Kier molecular flexibility index (Phi) is 7.93. The molecule has 4 N–H and O–H groups in total. The molecule has 0 radical (unpaired) electrons. The van der Waals surface area contributed by atoms with Crippen LogP contribution >= 0.6 is 11.3 Å². The first-order valence-corrected chi connectivity index (χ1v) is 13.9. The second kappa shape index (κ2) is 11.7.